The van der Waals surface area contributed by atoms with Crippen molar-refractivity contribution in [3.05, 3.63) is 11.8 Å². The summed E-state index contributed by atoms with van der Waals surface area (Å²) in [5.41, 5.74) is 12.3. The van der Waals surface area contributed by atoms with Crippen LogP contribution < -0.4 is 11.5 Å². The Bertz CT molecular complexity index is 147. The highest BCUT2D eigenvalue weighted by atomic mass is 14.8. The van der Waals surface area contributed by atoms with Gasteiger partial charge in [0.1, 0.15) is 0 Å². The molecule has 0 aliphatic heterocycles. The molecule has 2 heteroatoms. The van der Waals surface area contributed by atoms with Crippen LogP contribution in [0.5, 0.6) is 0 Å². The van der Waals surface area contributed by atoms with Crippen LogP contribution in [0.1, 0.15) is 20.3 Å². The molecule has 0 amide bonds. The molecule has 0 radical (unpaired) electrons. The summed E-state index contributed by atoms with van der Waals surface area (Å²) in [6, 6.07) is 0. The zero-order valence-corrected chi connectivity index (χ0v) is 6.02. The molecule has 2 nitrogen and oxygen atoms in total. The van der Waals surface area contributed by atoms with Gasteiger partial charge >= 0.3 is 0 Å². The van der Waals surface area contributed by atoms with E-state index in [1.807, 2.05) is 6.92 Å². The molecule has 0 spiro atoms. The Kier molecular flexibility index (Phi) is 1.28. The lowest BCUT2D eigenvalue weighted by Crippen LogP contribution is -2.53. The van der Waals surface area contributed by atoms with Crippen molar-refractivity contribution in [2.75, 3.05) is 0 Å². The lowest BCUT2D eigenvalue weighted by Gasteiger charge is -2.44. The van der Waals surface area contributed by atoms with Gasteiger partial charge in [-0.2, -0.15) is 0 Å². The van der Waals surface area contributed by atoms with Crippen LogP contribution in [0.15, 0.2) is 11.8 Å². The summed E-state index contributed by atoms with van der Waals surface area (Å²) in [7, 11) is 0. The molecule has 1 saturated carbocycles. The smallest absolute Gasteiger partial charge is 0.0386 e. The molecule has 0 aromatic carbocycles. The van der Waals surface area contributed by atoms with Gasteiger partial charge in [-0.25, -0.2) is 0 Å². The van der Waals surface area contributed by atoms with Crippen LogP contribution in [0.4, 0.5) is 0 Å². The van der Waals surface area contributed by atoms with E-state index in [-0.39, 0.29) is 5.54 Å². The summed E-state index contributed by atoms with van der Waals surface area (Å²) in [6.07, 6.45) is 2.71. The molecular formula is C7H14N2. The largest absolute Gasteiger partial charge is 0.405 e. The number of hydrogen-bond acceptors (Lipinski definition) is 2. The first-order valence-corrected chi connectivity index (χ1v) is 3.29. The average Bonchev–Trinajstić information content (AvgIpc) is 1.82. The highest BCUT2D eigenvalue weighted by Gasteiger charge is 2.40. The molecule has 0 aromatic heterocycles. The number of rotatable bonds is 0. The minimum absolute atomic E-state index is 0.116. The Morgan fingerprint density at radius 2 is 2.33 bits per heavy atom. The fourth-order valence-corrected chi connectivity index (χ4v) is 1.19. The van der Waals surface area contributed by atoms with E-state index in [1.165, 1.54) is 5.57 Å². The Morgan fingerprint density at radius 1 is 1.78 bits per heavy atom. The van der Waals surface area contributed by atoms with Gasteiger partial charge in [-0.05, 0) is 31.0 Å². The van der Waals surface area contributed by atoms with Gasteiger partial charge in [0.2, 0.25) is 0 Å². The average molecular weight is 126 g/mol. The molecule has 1 fully saturated rings. The molecule has 1 aliphatic carbocycles. The first kappa shape index (κ1) is 6.62. The number of hydrogen-bond donors (Lipinski definition) is 2. The van der Waals surface area contributed by atoms with E-state index in [0.717, 1.165) is 6.42 Å². The predicted octanol–water partition coefficient (Wildman–Crippen LogP) is 0.586. The van der Waals surface area contributed by atoms with E-state index in [1.54, 1.807) is 6.20 Å². The molecule has 1 rings (SSSR count). The van der Waals surface area contributed by atoms with Crippen molar-refractivity contribution in [1.82, 2.24) is 0 Å². The molecular weight excluding hydrogens is 112 g/mol. The maximum Gasteiger partial charge on any atom is 0.0386 e. The first-order chi connectivity index (χ1) is 4.09. The summed E-state index contributed by atoms with van der Waals surface area (Å²) in [4.78, 5) is 0. The van der Waals surface area contributed by atoms with Crippen molar-refractivity contribution < 1.29 is 0 Å². The third kappa shape index (κ3) is 0.741. The molecule has 0 saturated heterocycles. The lowest BCUT2D eigenvalue weighted by atomic mass is 9.66. The second-order valence-corrected chi connectivity index (χ2v) is 3.08. The van der Waals surface area contributed by atoms with Gasteiger partial charge in [0.15, 0.2) is 0 Å². The summed E-state index contributed by atoms with van der Waals surface area (Å²) >= 11 is 0. The van der Waals surface area contributed by atoms with Crippen molar-refractivity contribution in [1.29, 1.82) is 0 Å². The molecule has 2 unspecified atom stereocenters. The first-order valence-electron chi connectivity index (χ1n) is 3.29. The highest BCUT2D eigenvalue weighted by Crippen LogP contribution is 2.40. The Hall–Kier alpha value is -0.500. The molecule has 1 aliphatic rings. The van der Waals surface area contributed by atoms with Gasteiger partial charge in [-0.3, -0.25) is 0 Å². The second-order valence-electron chi connectivity index (χ2n) is 3.08. The SMILES string of the molecule is CC1C/C(=C\N)C1(C)N. The van der Waals surface area contributed by atoms with E-state index in [9.17, 15) is 0 Å². The van der Waals surface area contributed by atoms with Crippen molar-refractivity contribution in [2.45, 2.75) is 25.8 Å². The topological polar surface area (TPSA) is 52.0 Å². The standard InChI is InChI=1S/C7H14N2/c1-5-3-6(4-8)7(5,2)9/h4-5H,3,8-9H2,1-2H3/b6-4+. The monoisotopic (exact) mass is 126 g/mol. The van der Waals surface area contributed by atoms with E-state index in [4.69, 9.17) is 11.5 Å². The summed E-state index contributed by atoms with van der Waals surface area (Å²) in [6.45, 7) is 4.17. The van der Waals surface area contributed by atoms with Crippen LogP contribution in [0.2, 0.25) is 0 Å². The van der Waals surface area contributed by atoms with E-state index >= 15 is 0 Å². The molecule has 0 heterocycles. The Morgan fingerprint density at radius 3 is 2.44 bits per heavy atom. The summed E-state index contributed by atoms with van der Waals surface area (Å²) in [5, 5.41) is 0. The van der Waals surface area contributed by atoms with Crippen molar-refractivity contribution in [3.63, 3.8) is 0 Å². The Balaban J connectivity index is 2.70. The van der Waals surface area contributed by atoms with Crippen LogP contribution in [0.3, 0.4) is 0 Å². The predicted molar refractivity (Wildman–Crippen MR) is 38.6 cm³/mol. The normalized spacial score (nSPS) is 47.0. The van der Waals surface area contributed by atoms with Gasteiger partial charge in [0, 0.05) is 5.54 Å². The minimum atomic E-state index is -0.116. The fraction of sp³-hybridized carbons (Fsp3) is 0.714. The van der Waals surface area contributed by atoms with Crippen LogP contribution in [-0.2, 0) is 0 Å². The van der Waals surface area contributed by atoms with Crippen LogP contribution in [0.25, 0.3) is 0 Å². The van der Waals surface area contributed by atoms with E-state index in [0.29, 0.717) is 5.92 Å². The minimum Gasteiger partial charge on any atom is -0.405 e. The second kappa shape index (κ2) is 1.74. The van der Waals surface area contributed by atoms with Crippen molar-refractivity contribution in [2.24, 2.45) is 17.4 Å². The molecule has 2 atom stereocenters. The molecule has 52 valence electrons. The summed E-state index contributed by atoms with van der Waals surface area (Å²) < 4.78 is 0. The van der Waals surface area contributed by atoms with Crippen LogP contribution in [-0.4, -0.2) is 5.54 Å². The highest BCUT2D eigenvalue weighted by molar-refractivity contribution is 5.28. The van der Waals surface area contributed by atoms with Gasteiger partial charge < -0.3 is 11.5 Å². The number of nitrogens with two attached hydrogens (primary N) is 2. The van der Waals surface area contributed by atoms with Gasteiger partial charge in [0.25, 0.3) is 0 Å². The maximum atomic E-state index is 5.87. The molecule has 4 N–H and O–H groups in total. The Labute approximate surface area is 55.9 Å². The molecule has 0 aromatic rings. The van der Waals surface area contributed by atoms with Crippen LogP contribution >= 0.6 is 0 Å². The molecule has 0 bridgehead atoms. The van der Waals surface area contributed by atoms with Gasteiger partial charge in [0.05, 0.1) is 0 Å². The zero-order valence-electron chi connectivity index (χ0n) is 6.02. The maximum absolute atomic E-state index is 5.87. The van der Waals surface area contributed by atoms with E-state index < -0.39 is 0 Å². The molecule has 9 heavy (non-hydrogen) atoms. The van der Waals surface area contributed by atoms with E-state index in [2.05, 4.69) is 6.92 Å². The van der Waals surface area contributed by atoms with Crippen LogP contribution in [0, 0.1) is 5.92 Å². The summed E-state index contributed by atoms with van der Waals surface area (Å²) in [5.74, 6) is 0.590. The van der Waals surface area contributed by atoms with Gasteiger partial charge in [-0.1, -0.05) is 6.92 Å². The van der Waals surface area contributed by atoms with Crippen molar-refractivity contribution >= 4 is 0 Å². The fourth-order valence-electron chi connectivity index (χ4n) is 1.19. The third-order valence-corrected chi connectivity index (χ3v) is 2.44. The third-order valence-electron chi connectivity index (χ3n) is 2.44. The van der Waals surface area contributed by atoms with Gasteiger partial charge in [-0.15, -0.1) is 0 Å². The zero-order chi connectivity index (χ0) is 7.07. The van der Waals surface area contributed by atoms with Crippen molar-refractivity contribution in [3.8, 4) is 0 Å². The quantitative estimate of drug-likeness (QED) is 0.499. The lowest BCUT2D eigenvalue weighted by molar-refractivity contribution is 0.264.